The summed E-state index contributed by atoms with van der Waals surface area (Å²) in [5, 5.41) is 11.4. The van der Waals surface area contributed by atoms with Crippen LogP contribution in [-0.4, -0.2) is 20.6 Å². The summed E-state index contributed by atoms with van der Waals surface area (Å²) >= 11 is 0. The minimum Gasteiger partial charge on any atom is -0.322 e. The third-order valence-corrected chi connectivity index (χ3v) is 3.75. The Hall–Kier alpha value is -2.65. The van der Waals surface area contributed by atoms with Crippen LogP contribution in [0.4, 0.5) is 5.69 Å². The molecule has 6 heteroatoms. The first-order valence-corrected chi connectivity index (χ1v) is 8.51. The third kappa shape index (κ3) is 4.43. The molecule has 0 heterocycles. The van der Waals surface area contributed by atoms with Crippen LogP contribution in [0.1, 0.15) is 21.5 Å². The van der Waals surface area contributed by atoms with E-state index in [4.69, 9.17) is 5.26 Å². The van der Waals surface area contributed by atoms with E-state index in [0.29, 0.717) is 22.4 Å². The van der Waals surface area contributed by atoms with E-state index in [1.165, 1.54) is 0 Å². The fourth-order valence-electron chi connectivity index (χ4n) is 1.94. The highest BCUT2D eigenvalue weighted by Gasteiger charge is 2.09. The summed E-state index contributed by atoms with van der Waals surface area (Å²) < 4.78 is 22.6. The van der Waals surface area contributed by atoms with Gasteiger partial charge in [0.2, 0.25) is 0 Å². The molecule has 2 rings (SSSR count). The number of benzene rings is 2. The van der Waals surface area contributed by atoms with E-state index in [1.54, 1.807) is 48.5 Å². The van der Waals surface area contributed by atoms with E-state index in [0.717, 1.165) is 6.26 Å². The van der Waals surface area contributed by atoms with Gasteiger partial charge < -0.3 is 5.32 Å². The number of amides is 1. The molecule has 0 atom stereocenters. The molecular weight excluding hydrogens is 300 g/mol. The molecule has 112 valence electrons. The van der Waals surface area contributed by atoms with Crippen molar-refractivity contribution in [2.24, 2.45) is 0 Å². The molecule has 0 unspecified atom stereocenters. The lowest BCUT2D eigenvalue weighted by atomic mass is 10.1. The number of hydrogen-bond donors (Lipinski definition) is 1. The fraction of sp³-hybridized carbons (Fsp3) is 0.125. The molecule has 0 radical (unpaired) electrons. The quantitative estimate of drug-likeness (QED) is 0.938. The zero-order chi connectivity index (χ0) is 16.2. The number of nitrogens with zero attached hydrogens (tertiary/aromatic N) is 1. The molecule has 1 N–H and O–H groups in total. The number of nitrogens with one attached hydrogen (secondary N) is 1. The van der Waals surface area contributed by atoms with Crippen molar-refractivity contribution in [1.29, 1.82) is 5.26 Å². The maximum atomic E-state index is 12.2. The van der Waals surface area contributed by atoms with Crippen LogP contribution in [-0.2, 0) is 15.6 Å². The molecule has 5 nitrogen and oxygen atoms in total. The zero-order valence-corrected chi connectivity index (χ0v) is 12.7. The van der Waals surface area contributed by atoms with Crippen LogP contribution in [0.5, 0.6) is 0 Å². The molecule has 0 aromatic heterocycles. The van der Waals surface area contributed by atoms with Gasteiger partial charge in [0.05, 0.1) is 17.4 Å². The second kappa shape index (κ2) is 6.41. The van der Waals surface area contributed by atoms with E-state index in [-0.39, 0.29) is 11.7 Å². The predicted molar refractivity (Wildman–Crippen MR) is 84.1 cm³/mol. The third-order valence-electron chi connectivity index (χ3n) is 2.89. The largest absolute Gasteiger partial charge is 0.322 e. The number of anilines is 1. The van der Waals surface area contributed by atoms with Crippen molar-refractivity contribution in [2.75, 3.05) is 11.6 Å². The van der Waals surface area contributed by atoms with E-state index in [9.17, 15) is 13.2 Å². The molecule has 0 bridgehead atoms. The van der Waals surface area contributed by atoms with Crippen molar-refractivity contribution in [1.82, 2.24) is 0 Å². The van der Waals surface area contributed by atoms with Gasteiger partial charge in [0.15, 0.2) is 9.84 Å². The average molecular weight is 314 g/mol. The minimum atomic E-state index is -3.15. The second-order valence-electron chi connectivity index (χ2n) is 4.91. The van der Waals surface area contributed by atoms with Gasteiger partial charge in [0.1, 0.15) is 0 Å². The molecule has 22 heavy (non-hydrogen) atoms. The average Bonchev–Trinajstić information content (AvgIpc) is 2.46. The van der Waals surface area contributed by atoms with Crippen molar-refractivity contribution in [3.63, 3.8) is 0 Å². The van der Waals surface area contributed by atoms with Crippen molar-refractivity contribution in [2.45, 2.75) is 5.75 Å². The van der Waals surface area contributed by atoms with E-state index in [2.05, 4.69) is 5.32 Å². The highest BCUT2D eigenvalue weighted by Crippen LogP contribution is 2.13. The molecule has 0 saturated heterocycles. The van der Waals surface area contributed by atoms with Gasteiger partial charge >= 0.3 is 0 Å². The number of carbonyl (C=O) groups is 1. The van der Waals surface area contributed by atoms with E-state index < -0.39 is 9.84 Å². The van der Waals surface area contributed by atoms with Crippen LogP contribution in [0.3, 0.4) is 0 Å². The maximum Gasteiger partial charge on any atom is 0.255 e. The number of hydrogen-bond acceptors (Lipinski definition) is 4. The SMILES string of the molecule is CS(=O)(=O)Cc1cccc(C(=O)Nc2ccc(C#N)cc2)c1. The van der Waals surface area contributed by atoms with Gasteiger partial charge in [-0.2, -0.15) is 5.26 Å². The topological polar surface area (TPSA) is 87.0 Å². The summed E-state index contributed by atoms with van der Waals surface area (Å²) in [6.45, 7) is 0. The smallest absolute Gasteiger partial charge is 0.255 e. The van der Waals surface area contributed by atoms with Gasteiger partial charge in [-0.1, -0.05) is 12.1 Å². The lowest BCUT2D eigenvalue weighted by molar-refractivity contribution is 0.102. The molecule has 0 aliphatic carbocycles. The number of carbonyl (C=O) groups excluding carboxylic acids is 1. The summed E-state index contributed by atoms with van der Waals surface area (Å²) in [4.78, 5) is 12.2. The number of nitriles is 1. The summed E-state index contributed by atoms with van der Waals surface area (Å²) in [5.74, 6) is -0.439. The summed E-state index contributed by atoms with van der Waals surface area (Å²) in [6, 6.07) is 15.0. The zero-order valence-electron chi connectivity index (χ0n) is 11.9. The molecular formula is C16H14N2O3S. The molecule has 0 spiro atoms. The molecule has 1 amide bonds. The Morgan fingerprint density at radius 2 is 1.86 bits per heavy atom. The van der Waals surface area contributed by atoms with Gasteiger partial charge in [0.25, 0.3) is 5.91 Å². The van der Waals surface area contributed by atoms with Gasteiger partial charge in [-0.3, -0.25) is 4.79 Å². The van der Waals surface area contributed by atoms with Gasteiger partial charge in [-0.25, -0.2) is 8.42 Å². The Kier molecular flexibility index (Phi) is 4.59. The molecule has 0 aliphatic rings. The van der Waals surface area contributed by atoms with Crippen LogP contribution in [0.15, 0.2) is 48.5 Å². The van der Waals surface area contributed by atoms with Crippen molar-refractivity contribution in [3.8, 4) is 6.07 Å². The minimum absolute atomic E-state index is 0.106. The Morgan fingerprint density at radius 1 is 1.18 bits per heavy atom. The van der Waals surface area contributed by atoms with Crippen LogP contribution in [0, 0.1) is 11.3 Å². The Labute approximate surface area is 129 Å². The first-order chi connectivity index (χ1) is 10.4. The number of sulfone groups is 1. The predicted octanol–water partition coefficient (Wildman–Crippen LogP) is 2.36. The standard InChI is InChI=1S/C16H14N2O3S/c1-22(20,21)11-13-3-2-4-14(9-13)16(19)18-15-7-5-12(10-17)6-8-15/h2-9H,11H2,1H3,(H,18,19). The lowest BCUT2D eigenvalue weighted by Crippen LogP contribution is -2.12. The fourth-order valence-corrected chi connectivity index (χ4v) is 2.72. The molecule has 0 saturated carbocycles. The van der Waals surface area contributed by atoms with Crippen molar-refractivity contribution in [3.05, 3.63) is 65.2 Å². The summed E-state index contributed by atoms with van der Waals surface area (Å²) in [7, 11) is -3.15. The monoisotopic (exact) mass is 314 g/mol. The molecule has 2 aromatic carbocycles. The Bertz CT molecular complexity index is 834. The first-order valence-electron chi connectivity index (χ1n) is 6.45. The van der Waals surface area contributed by atoms with Crippen LogP contribution in [0.25, 0.3) is 0 Å². The summed E-state index contributed by atoms with van der Waals surface area (Å²) in [6.07, 6.45) is 1.15. The molecule has 2 aromatic rings. The first kappa shape index (κ1) is 15.7. The van der Waals surface area contributed by atoms with Crippen molar-refractivity contribution >= 4 is 21.4 Å². The summed E-state index contributed by atoms with van der Waals surface area (Å²) in [5.41, 5.74) is 2.02. The highest BCUT2D eigenvalue weighted by atomic mass is 32.2. The van der Waals surface area contributed by atoms with Gasteiger partial charge in [0, 0.05) is 17.5 Å². The normalized spacial score (nSPS) is 10.7. The molecule has 0 fully saturated rings. The van der Waals surface area contributed by atoms with Gasteiger partial charge in [-0.05, 0) is 42.0 Å². The van der Waals surface area contributed by atoms with Crippen LogP contribution in [0.2, 0.25) is 0 Å². The highest BCUT2D eigenvalue weighted by molar-refractivity contribution is 7.89. The Balaban J connectivity index is 2.15. The second-order valence-corrected chi connectivity index (χ2v) is 7.05. The van der Waals surface area contributed by atoms with Crippen molar-refractivity contribution < 1.29 is 13.2 Å². The van der Waals surface area contributed by atoms with E-state index >= 15 is 0 Å². The number of rotatable bonds is 4. The lowest BCUT2D eigenvalue weighted by Gasteiger charge is -2.07. The van der Waals surface area contributed by atoms with Crippen LogP contribution >= 0.6 is 0 Å². The van der Waals surface area contributed by atoms with E-state index in [1.807, 2.05) is 6.07 Å². The van der Waals surface area contributed by atoms with Gasteiger partial charge in [-0.15, -0.1) is 0 Å². The Morgan fingerprint density at radius 3 is 2.45 bits per heavy atom. The maximum absolute atomic E-state index is 12.2. The molecule has 0 aliphatic heterocycles. The van der Waals surface area contributed by atoms with Crippen LogP contribution < -0.4 is 5.32 Å².